The molecule has 88 valence electrons. The van der Waals surface area contributed by atoms with Crippen molar-refractivity contribution in [3.63, 3.8) is 0 Å². The molecule has 16 heavy (non-hydrogen) atoms. The zero-order valence-corrected chi connectivity index (χ0v) is 12.3. The number of para-hydroxylation sites is 1. The minimum absolute atomic E-state index is 0.0289. The van der Waals surface area contributed by atoms with E-state index in [1.165, 1.54) is 5.56 Å². The predicted octanol–water partition coefficient (Wildman–Crippen LogP) is 3.27. The molecule has 0 aliphatic carbocycles. The first-order valence-electron chi connectivity index (χ1n) is 5.56. The number of rotatable bonds is 1. The number of hydrogen-bond acceptors (Lipinski definition) is 2. The molecule has 0 saturated carbocycles. The Bertz CT molecular complexity index is 412. The molecule has 1 aliphatic heterocycles. The molecule has 1 aliphatic rings. The van der Waals surface area contributed by atoms with E-state index < -0.39 is 6.23 Å². The van der Waals surface area contributed by atoms with Crippen molar-refractivity contribution < 1.29 is 5.11 Å². The van der Waals surface area contributed by atoms with E-state index in [-0.39, 0.29) is 8.96 Å². The first kappa shape index (κ1) is 12.2. The van der Waals surface area contributed by atoms with Crippen LogP contribution in [0.15, 0.2) is 24.3 Å². The summed E-state index contributed by atoms with van der Waals surface area (Å²) in [6, 6.07) is 8.35. The lowest BCUT2D eigenvalue weighted by Gasteiger charge is -2.42. The molecule has 2 rings (SSSR count). The third-order valence-corrected chi connectivity index (χ3v) is 5.67. The minimum atomic E-state index is -0.468. The van der Waals surface area contributed by atoms with Gasteiger partial charge in [-0.1, -0.05) is 54.6 Å². The molecule has 3 heteroatoms. The third kappa shape index (κ3) is 1.40. The highest BCUT2D eigenvalue weighted by Crippen LogP contribution is 2.55. The van der Waals surface area contributed by atoms with E-state index in [4.69, 9.17) is 0 Å². The monoisotopic (exact) mass is 331 g/mol. The van der Waals surface area contributed by atoms with Crippen molar-refractivity contribution in [1.29, 1.82) is 0 Å². The van der Waals surface area contributed by atoms with Crippen molar-refractivity contribution in [2.75, 3.05) is 4.90 Å². The van der Waals surface area contributed by atoms with Crippen molar-refractivity contribution in [1.82, 2.24) is 0 Å². The van der Waals surface area contributed by atoms with Crippen molar-refractivity contribution in [2.45, 2.75) is 42.9 Å². The van der Waals surface area contributed by atoms with Crippen LogP contribution in [-0.2, 0) is 5.41 Å². The molecule has 1 heterocycles. The lowest BCUT2D eigenvalue weighted by Crippen LogP contribution is -2.51. The lowest BCUT2D eigenvalue weighted by molar-refractivity contribution is 0.169. The van der Waals surface area contributed by atoms with Gasteiger partial charge in [-0.15, -0.1) is 0 Å². The van der Waals surface area contributed by atoms with E-state index in [2.05, 4.69) is 66.5 Å². The summed E-state index contributed by atoms with van der Waals surface area (Å²) in [6.45, 7) is 8.48. The van der Waals surface area contributed by atoms with Gasteiger partial charge in [-0.25, -0.2) is 0 Å². The van der Waals surface area contributed by atoms with Crippen LogP contribution in [0.25, 0.3) is 0 Å². The summed E-state index contributed by atoms with van der Waals surface area (Å²) in [5.41, 5.74) is 2.49. The highest BCUT2D eigenvalue weighted by Gasteiger charge is 2.53. The van der Waals surface area contributed by atoms with Gasteiger partial charge in [0, 0.05) is 11.1 Å². The first-order valence-corrected chi connectivity index (χ1v) is 6.64. The Kier molecular flexibility index (Phi) is 2.74. The molecule has 0 radical (unpaired) electrons. The van der Waals surface area contributed by atoms with E-state index in [0.717, 1.165) is 5.69 Å². The molecule has 1 aromatic carbocycles. The van der Waals surface area contributed by atoms with Gasteiger partial charge in [-0.3, -0.25) is 0 Å². The van der Waals surface area contributed by atoms with E-state index in [9.17, 15) is 5.11 Å². The molecular weight excluding hydrogens is 313 g/mol. The van der Waals surface area contributed by atoms with Crippen molar-refractivity contribution in [2.24, 2.45) is 0 Å². The molecular formula is C13H18INO. The van der Waals surface area contributed by atoms with Gasteiger partial charge in [0.05, 0.1) is 0 Å². The van der Waals surface area contributed by atoms with Gasteiger partial charge in [0.15, 0.2) is 0 Å². The molecule has 0 saturated heterocycles. The van der Waals surface area contributed by atoms with Crippen LogP contribution < -0.4 is 4.90 Å². The van der Waals surface area contributed by atoms with Gasteiger partial charge < -0.3 is 10.0 Å². The predicted molar refractivity (Wildman–Crippen MR) is 76.1 cm³/mol. The molecule has 0 bridgehead atoms. The molecule has 0 amide bonds. The van der Waals surface area contributed by atoms with Gasteiger partial charge in [0.1, 0.15) is 9.77 Å². The second-order valence-electron chi connectivity index (χ2n) is 5.10. The number of aliphatic hydroxyl groups excluding tert-OH is 1. The lowest BCUT2D eigenvalue weighted by atomic mass is 9.81. The maximum atomic E-state index is 9.99. The van der Waals surface area contributed by atoms with Crippen LogP contribution in [-0.4, -0.2) is 14.9 Å². The quantitative estimate of drug-likeness (QED) is 0.485. The number of fused-ring (bicyclic) bond motifs is 1. The van der Waals surface area contributed by atoms with Gasteiger partial charge in [-0.05, 0) is 25.5 Å². The number of hydrogen-bond donors (Lipinski definition) is 1. The Hall–Kier alpha value is -0.290. The van der Waals surface area contributed by atoms with Gasteiger partial charge in [0.2, 0.25) is 0 Å². The molecule has 1 N–H and O–H groups in total. The number of anilines is 1. The third-order valence-electron chi connectivity index (χ3n) is 3.80. The SMILES string of the molecule is CC(O)N1c2ccccc2C(C)(C)C1(C)I. The fourth-order valence-electron chi connectivity index (χ4n) is 2.54. The fraction of sp³-hybridized carbons (Fsp3) is 0.538. The van der Waals surface area contributed by atoms with Crippen molar-refractivity contribution in [3.05, 3.63) is 29.8 Å². The summed E-state index contributed by atoms with van der Waals surface area (Å²) in [7, 11) is 0. The standard InChI is InChI=1S/C13H18INO/c1-9(16)15-11-8-6-5-7-10(11)12(2,3)13(15,4)14/h5-9,16H,1-4H3. The number of aliphatic hydroxyl groups is 1. The number of alkyl halides is 1. The summed E-state index contributed by atoms with van der Waals surface area (Å²) in [4.78, 5) is 2.10. The molecule has 2 nitrogen and oxygen atoms in total. The highest BCUT2D eigenvalue weighted by molar-refractivity contribution is 14.1. The minimum Gasteiger partial charge on any atom is -0.374 e. The van der Waals surface area contributed by atoms with Crippen LogP contribution >= 0.6 is 22.6 Å². The van der Waals surface area contributed by atoms with Crippen LogP contribution in [0.1, 0.15) is 33.3 Å². The Morgan fingerprint density at radius 1 is 1.25 bits per heavy atom. The summed E-state index contributed by atoms with van der Waals surface area (Å²) < 4.78 is -0.109. The second kappa shape index (κ2) is 3.60. The van der Waals surface area contributed by atoms with Crippen LogP contribution in [0.4, 0.5) is 5.69 Å². The smallest absolute Gasteiger partial charge is 0.125 e. The zero-order valence-electron chi connectivity index (χ0n) is 10.2. The largest absolute Gasteiger partial charge is 0.374 e. The maximum absolute atomic E-state index is 9.99. The van der Waals surface area contributed by atoms with Crippen molar-refractivity contribution in [3.8, 4) is 0 Å². The Labute approximate surface area is 111 Å². The van der Waals surface area contributed by atoms with Crippen LogP contribution in [0.2, 0.25) is 0 Å². The number of nitrogens with zero attached hydrogens (tertiary/aromatic N) is 1. The Morgan fingerprint density at radius 3 is 2.38 bits per heavy atom. The summed E-state index contributed by atoms with van der Waals surface area (Å²) in [5, 5.41) is 9.99. The summed E-state index contributed by atoms with van der Waals surface area (Å²) in [6.07, 6.45) is -0.468. The number of benzene rings is 1. The maximum Gasteiger partial charge on any atom is 0.125 e. The Morgan fingerprint density at radius 2 is 1.81 bits per heavy atom. The molecule has 2 atom stereocenters. The average Bonchev–Trinajstić information content (AvgIpc) is 2.32. The molecule has 0 fully saturated rings. The van der Waals surface area contributed by atoms with Gasteiger partial charge >= 0.3 is 0 Å². The van der Waals surface area contributed by atoms with E-state index >= 15 is 0 Å². The zero-order chi connectivity index (χ0) is 12.1. The average molecular weight is 331 g/mol. The molecule has 2 unspecified atom stereocenters. The first-order chi connectivity index (χ1) is 7.30. The van der Waals surface area contributed by atoms with Crippen LogP contribution in [0.3, 0.4) is 0 Å². The van der Waals surface area contributed by atoms with Crippen LogP contribution in [0.5, 0.6) is 0 Å². The summed E-state index contributed by atoms with van der Waals surface area (Å²) in [5.74, 6) is 0. The normalized spacial score (nSPS) is 29.0. The molecule has 0 spiro atoms. The van der Waals surface area contributed by atoms with E-state index in [1.54, 1.807) is 0 Å². The number of halogens is 1. The van der Waals surface area contributed by atoms with Crippen LogP contribution in [0, 0.1) is 0 Å². The van der Waals surface area contributed by atoms with Gasteiger partial charge in [-0.2, -0.15) is 0 Å². The van der Waals surface area contributed by atoms with Crippen molar-refractivity contribution >= 4 is 28.3 Å². The topological polar surface area (TPSA) is 23.5 Å². The highest BCUT2D eigenvalue weighted by atomic mass is 127. The van der Waals surface area contributed by atoms with E-state index in [1.807, 2.05) is 13.0 Å². The Balaban J connectivity index is 2.66. The summed E-state index contributed by atoms with van der Waals surface area (Å²) >= 11 is 2.45. The van der Waals surface area contributed by atoms with Gasteiger partial charge in [0.25, 0.3) is 0 Å². The second-order valence-corrected chi connectivity index (χ2v) is 7.20. The fourth-order valence-corrected chi connectivity index (χ4v) is 3.49. The molecule has 0 aromatic heterocycles. The molecule has 1 aromatic rings. The van der Waals surface area contributed by atoms with E-state index in [0.29, 0.717) is 0 Å².